The van der Waals surface area contributed by atoms with E-state index in [1.165, 1.54) is 11.3 Å². The standard InChI is InChI=1S/C14H18N2O3S2/c1-15-9-13-6-7-14(20-13)21(17,18)16(11-4-5-11)10-12-3-2-8-19-12/h2-3,6-8,11,15H,4-5,9-10H2,1H3. The van der Waals surface area contributed by atoms with Gasteiger partial charge in [-0.2, -0.15) is 4.31 Å². The van der Waals surface area contributed by atoms with Crippen molar-refractivity contribution in [2.75, 3.05) is 7.05 Å². The molecular weight excluding hydrogens is 308 g/mol. The van der Waals surface area contributed by atoms with Crippen LogP contribution in [0.1, 0.15) is 23.5 Å². The summed E-state index contributed by atoms with van der Waals surface area (Å²) in [5.41, 5.74) is 0. The van der Waals surface area contributed by atoms with Gasteiger partial charge in [-0.15, -0.1) is 11.3 Å². The Hall–Kier alpha value is -1.15. The Morgan fingerprint density at radius 1 is 1.38 bits per heavy atom. The molecule has 114 valence electrons. The van der Waals surface area contributed by atoms with E-state index in [0.717, 1.165) is 17.7 Å². The zero-order valence-corrected chi connectivity index (χ0v) is 13.4. The predicted octanol–water partition coefficient (Wildman–Crippen LogP) is 2.41. The van der Waals surface area contributed by atoms with Gasteiger partial charge in [-0.3, -0.25) is 0 Å². The molecule has 0 aromatic carbocycles. The monoisotopic (exact) mass is 326 g/mol. The van der Waals surface area contributed by atoms with Gasteiger partial charge in [0, 0.05) is 17.5 Å². The molecule has 0 unspecified atom stereocenters. The summed E-state index contributed by atoms with van der Waals surface area (Å²) in [5, 5.41) is 3.04. The molecule has 2 aromatic rings. The second kappa shape index (κ2) is 5.92. The van der Waals surface area contributed by atoms with E-state index >= 15 is 0 Å². The third kappa shape index (κ3) is 3.21. The molecule has 0 spiro atoms. The third-order valence-corrected chi connectivity index (χ3v) is 6.85. The highest BCUT2D eigenvalue weighted by Gasteiger charge is 2.39. The van der Waals surface area contributed by atoms with Gasteiger partial charge in [0.25, 0.3) is 10.0 Å². The molecule has 2 aromatic heterocycles. The van der Waals surface area contributed by atoms with E-state index in [1.807, 2.05) is 19.2 Å². The second-order valence-corrected chi connectivity index (χ2v) is 8.40. The number of sulfonamides is 1. The Morgan fingerprint density at radius 3 is 2.81 bits per heavy atom. The highest BCUT2D eigenvalue weighted by molar-refractivity contribution is 7.91. The topological polar surface area (TPSA) is 62.6 Å². The molecule has 21 heavy (non-hydrogen) atoms. The van der Waals surface area contributed by atoms with E-state index in [-0.39, 0.29) is 6.04 Å². The van der Waals surface area contributed by atoms with Crippen LogP contribution in [-0.2, 0) is 23.1 Å². The van der Waals surface area contributed by atoms with Crippen LogP contribution in [0.5, 0.6) is 0 Å². The normalized spacial score (nSPS) is 15.7. The van der Waals surface area contributed by atoms with Crippen LogP contribution in [0.25, 0.3) is 0 Å². The van der Waals surface area contributed by atoms with Gasteiger partial charge in [0.15, 0.2) is 0 Å². The molecule has 0 atom stereocenters. The molecule has 3 rings (SSSR count). The van der Waals surface area contributed by atoms with Crippen molar-refractivity contribution in [2.24, 2.45) is 0 Å². The van der Waals surface area contributed by atoms with Crippen LogP contribution in [0.2, 0.25) is 0 Å². The molecule has 1 aliphatic carbocycles. The third-order valence-electron chi connectivity index (χ3n) is 3.40. The molecule has 0 bridgehead atoms. The van der Waals surface area contributed by atoms with Gasteiger partial charge in [0.1, 0.15) is 9.97 Å². The fourth-order valence-electron chi connectivity index (χ4n) is 2.21. The molecule has 0 saturated heterocycles. The lowest BCUT2D eigenvalue weighted by Crippen LogP contribution is -2.32. The van der Waals surface area contributed by atoms with Crippen LogP contribution < -0.4 is 5.32 Å². The first kappa shape index (κ1) is 14.8. The number of nitrogens with zero attached hydrogens (tertiary/aromatic N) is 1. The van der Waals surface area contributed by atoms with Crippen molar-refractivity contribution in [1.82, 2.24) is 9.62 Å². The number of hydrogen-bond donors (Lipinski definition) is 1. The van der Waals surface area contributed by atoms with Gasteiger partial charge in [0.2, 0.25) is 0 Å². The maximum atomic E-state index is 12.8. The summed E-state index contributed by atoms with van der Waals surface area (Å²) < 4.78 is 32.9. The zero-order valence-electron chi connectivity index (χ0n) is 11.8. The molecule has 0 aliphatic heterocycles. The Morgan fingerprint density at radius 2 is 2.19 bits per heavy atom. The SMILES string of the molecule is CNCc1ccc(S(=O)(=O)N(Cc2ccco2)C2CC2)s1. The lowest BCUT2D eigenvalue weighted by atomic mass is 10.4. The minimum absolute atomic E-state index is 0.106. The Labute approximate surface area is 128 Å². The van der Waals surface area contributed by atoms with Gasteiger partial charge in [-0.25, -0.2) is 8.42 Å². The van der Waals surface area contributed by atoms with Crippen molar-refractivity contribution < 1.29 is 12.8 Å². The van der Waals surface area contributed by atoms with Crippen molar-refractivity contribution in [3.8, 4) is 0 Å². The number of furan rings is 1. The second-order valence-electron chi connectivity index (χ2n) is 5.11. The van der Waals surface area contributed by atoms with Gasteiger partial charge < -0.3 is 9.73 Å². The van der Waals surface area contributed by atoms with Crippen molar-refractivity contribution in [3.63, 3.8) is 0 Å². The quantitative estimate of drug-likeness (QED) is 0.849. The summed E-state index contributed by atoms with van der Waals surface area (Å²) in [5.74, 6) is 0.678. The average Bonchev–Trinajstić information content (AvgIpc) is 2.96. The maximum Gasteiger partial charge on any atom is 0.253 e. The van der Waals surface area contributed by atoms with E-state index in [9.17, 15) is 8.42 Å². The Kier molecular flexibility index (Phi) is 4.17. The van der Waals surface area contributed by atoms with E-state index in [0.29, 0.717) is 23.1 Å². The molecule has 0 amide bonds. The van der Waals surface area contributed by atoms with E-state index in [4.69, 9.17) is 4.42 Å². The highest BCUT2D eigenvalue weighted by atomic mass is 32.2. The largest absolute Gasteiger partial charge is 0.468 e. The van der Waals surface area contributed by atoms with Gasteiger partial charge in [0.05, 0.1) is 12.8 Å². The number of nitrogens with one attached hydrogen (secondary N) is 1. The molecule has 0 radical (unpaired) electrons. The number of hydrogen-bond acceptors (Lipinski definition) is 5. The van der Waals surface area contributed by atoms with Crippen LogP contribution in [0.3, 0.4) is 0 Å². The van der Waals surface area contributed by atoms with E-state index in [1.54, 1.807) is 22.7 Å². The molecule has 1 aliphatic rings. The van der Waals surface area contributed by atoms with Crippen molar-refractivity contribution >= 4 is 21.4 Å². The summed E-state index contributed by atoms with van der Waals surface area (Å²) in [7, 11) is -1.60. The summed E-state index contributed by atoms with van der Waals surface area (Å²) >= 11 is 1.33. The summed E-state index contributed by atoms with van der Waals surface area (Å²) in [4.78, 5) is 1.02. The minimum Gasteiger partial charge on any atom is -0.468 e. The van der Waals surface area contributed by atoms with Gasteiger partial charge in [-0.05, 0) is 44.2 Å². The van der Waals surface area contributed by atoms with Crippen LogP contribution in [0, 0.1) is 0 Å². The summed E-state index contributed by atoms with van der Waals surface area (Å²) in [6, 6.07) is 7.26. The molecular formula is C14H18N2O3S2. The van der Waals surface area contributed by atoms with Crippen molar-refractivity contribution in [3.05, 3.63) is 41.2 Å². The lowest BCUT2D eigenvalue weighted by Gasteiger charge is -2.19. The van der Waals surface area contributed by atoms with Crippen LogP contribution in [0.4, 0.5) is 0 Å². The molecule has 5 nitrogen and oxygen atoms in total. The zero-order chi connectivity index (χ0) is 14.9. The van der Waals surface area contributed by atoms with Crippen LogP contribution >= 0.6 is 11.3 Å². The highest BCUT2D eigenvalue weighted by Crippen LogP contribution is 2.35. The summed E-state index contributed by atoms with van der Waals surface area (Å²) in [6.07, 6.45) is 3.42. The average molecular weight is 326 g/mol. The molecule has 7 heteroatoms. The molecule has 2 heterocycles. The lowest BCUT2D eigenvalue weighted by molar-refractivity contribution is 0.357. The predicted molar refractivity (Wildman–Crippen MR) is 81.5 cm³/mol. The summed E-state index contributed by atoms with van der Waals surface area (Å²) in [6.45, 7) is 0.987. The van der Waals surface area contributed by atoms with Gasteiger partial charge in [-0.1, -0.05) is 0 Å². The number of thiophene rings is 1. The molecule has 1 saturated carbocycles. The van der Waals surface area contributed by atoms with E-state index < -0.39 is 10.0 Å². The minimum atomic E-state index is -3.45. The molecule has 1 N–H and O–H groups in total. The number of rotatable bonds is 7. The Bertz CT molecular complexity index is 688. The first-order valence-electron chi connectivity index (χ1n) is 6.89. The first-order valence-corrected chi connectivity index (χ1v) is 9.14. The van der Waals surface area contributed by atoms with Crippen molar-refractivity contribution in [2.45, 2.75) is 36.2 Å². The smallest absolute Gasteiger partial charge is 0.253 e. The van der Waals surface area contributed by atoms with Crippen LogP contribution in [0.15, 0.2) is 39.2 Å². The molecule has 1 fully saturated rings. The first-order chi connectivity index (χ1) is 10.1. The van der Waals surface area contributed by atoms with Gasteiger partial charge >= 0.3 is 0 Å². The fourth-order valence-corrected chi connectivity index (χ4v) is 5.36. The van der Waals surface area contributed by atoms with Crippen molar-refractivity contribution in [1.29, 1.82) is 0 Å². The Balaban J connectivity index is 1.85. The maximum absolute atomic E-state index is 12.8. The van der Waals surface area contributed by atoms with E-state index in [2.05, 4.69) is 5.32 Å². The van der Waals surface area contributed by atoms with Crippen LogP contribution in [-0.4, -0.2) is 25.8 Å². The fraction of sp³-hybridized carbons (Fsp3) is 0.429.